The largest absolute Gasteiger partial charge is 0.337 e. The number of aromatic nitrogens is 2. The molecule has 1 radical (unpaired) electrons. The predicted octanol–water partition coefficient (Wildman–Crippen LogP) is 2.96. The maximum atomic E-state index is 12.5. The minimum Gasteiger partial charge on any atom is -0.337 e. The third kappa shape index (κ3) is 3.72. The zero-order valence-electron chi connectivity index (χ0n) is 13.5. The highest BCUT2D eigenvalue weighted by molar-refractivity contribution is 7.15. The number of hydrogen-bond acceptors (Lipinski definition) is 5. The lowest BCUT2D eigenvalue weighted by Crippen LogP contribution is -2.25. The van der Waals surface area contributed by atoms with Crippen molar-refractivity contribution in [3.05, 3.63) is 75.9 Å². The summed E-state index contributed by atoms with van der Waals surface area (Å²) in [5.41, 5.74) is 8.90. The number of carbonyl (C=O) groups is 2. The van der Waals surface area contributed by atoms with Gasteiger partial charge in [0.25, 0.3) is 5.91 Å². The van der Waals surface area contributed by atoms with Crippen molar-refractivity contribution < 1.29 is 9.59 Å². The van der Waals surface area contributed by atoms with E-state index in [0.717, 1.165) is 16.9 Å². The molecule has 0 aliphatic heterocycles. The van der Waals surface area contributed by atoms with Crippen LogP contribution < -0.4 is 5.73 Å². The number of amides is 1. The van der Waals surface area contributed by atoms with Gasteiger partial charge < -0.3 is 4.90 Å². The van der Waals surface area contributed by atoms with E-state index < -0.39 is 5.78 Å². The van der Waals surface area contributed by atoms with Gasteiger partial charge in [0.2, 0.25) is 5.78 Å². The van der Waals surface area contributed by atoms with Crippen molar-refractivity contribution in [2.75, 3.05) is 7.05 Å². The molecule has 1 amide bonds. The van der Waals surface area contributed by atoms with E-state index in [4.69, 9.17) is 5.73 Å². The molecule has 2 heterocycles. The van der Waals surface area contributed by atoms with Gasteiger partial charge in [0.15, 0.2) is 10.8 Å². The fraction of sp³-hybridized carbons (Fsp3) is 0.111. The quantitative estimate of drug-likeness (QED) is 0.661. The molecule has 0 unspecified atom stereocenters. The molecule has 2 aromatic heterocycles. The second kappa shape index (κ2) is 7.23. The van der Waals surface area contributed by atoms with Gasteiger partial charge in [-0.1, -0.05) is 30.3 Å². The van der Waals surface area contributed by atoms with Crippen molar-refractivity contribution in [2.45, 2.75) is 6.54 Å². The molecule has 0 atom stereocenters. The SMILES string of the molecule is CN(Cc1ccccc1)C(=O)c1cnc(C(=O)c2cccnc2[NH])s1. The van der Waals surface area contributed by atoms with E-state index in [9.17, 15) is 9.59 Å². The van der Waals surface area contributed by atoms with Gasteiger partial charge in [-0.2, -0.15) is 0 Å². The monoisotopic (exact) mass is 351 g/mol. The van der Waals surface area contributed by atoms with Crippen LogP contribution in [0.25, 0.3) is 0 Å². The molecule has 0 spiro atoms. The Morgan fingerprint density at radius 1 is 1.12 bits per heavy atom. The fourth-order valence-electron chi connectivity index (χ4n) is 2.30. The second-order valence-electron chi connectivity index (χ2n) is 5.41. The smallest absolute Gasteiger partial charge is 0.265 e. The lowest BCUT2D eigenvalue weighted by atomic mass is 10.2. The van der Waals surface area contributed by atoms with E-state index in [1.165, 1.54) is 18.5 Å². The van der Waals surface area contributed by atoms with Gasteiger partial charge >= 0.3 is 0 Å². The molecular formula is C18H15N4O2S. The van der Waals surface area contributed by atoms with Crippen LogP contribution in [0.3, 0.4) is 0 Å². The molecule has 0 aliphatic rings. The van der Waals surface area contributed by atoms with Gasteiger partial charge in [0.05, 0.1) is 11.8 Å². The molecule has 0 fully saturated rings. The van der Waals surface area contributed by atoms with E-state index in [2.05, 4.69) is 9.97 Å². The third-order valence-corrected chi connectivity index (χ3v) is 4.56. The van der Waals surface area contributed by atoms with Crippen molar-refractivity contribution in [1.29, 1.82) is 0 Å². The lowest BCUT2D eigenvalue weighted by Gasteiger charge is -2.15. The van der Waals surface area contributed by atoms with Gasteiger partial charge in [-0.15, -0.1) is 11.3 Å². The summed E-state index contributed by atoms with van der Waals surface area (Å²) in [6.45, 7) is 0.473. The van der Waals surface area contributed by atoms with Crippen LogP contribution in [0.5, 0.6) is 0 Å². The van der Waals surface area contributed by atoms with Gasteiger partial charge in [-0.3, -0.25) is 15.3 Å². The summed E-state index contributed by atoms with van der Waals surface area (Å²) in [6.07, 6.45) is 2.86. The highest BCUT2D eigenvalue weighted by Crippen LogP contribution is 2.21. The van der Waals surface area contributed by atoms with E-state index >= 15 is 0 Å². The van der Waals surface area contributed by atoms with Crippen LogP contribution in [0, 0.1) is 0 Å². The summed E-state index contributed by atoms with van der Waals surface area (Å²) >= 11 is 1.03. The lowest BCUT2D eigenvalue weighted by molar-refractivity contribution is 0.0789. The summed E-state index contributed by atoms with van der Waals surface area (Å²) < 4.78 is 0. The Hall–Kier alpha value is -3.06. The molecule has 3 rings (SSSR count). The van der Waals surface area contributed by atoms with Crippen LogP contribution in [0.4, 0.5) is 5.82 Å². The maximum Gasteiger partial charge on any atom is 0.265 e. The Labute approximate surface area is 149 Å². The van der Waals surface area contributed by atoms with E-state index in [1.807, 2.05) is 30.3 Å². The minimum absolute atomic E-state index is 0.100. The highest BCUT2D eigenvalue weighted by atomic mass is 32.1. The number of nitrogens with zero attached hydrogens (tertiary/aromatic N) is 3. The van der Waals surface area contributed by atoms with Gasteiger partial charge in [-0.25, -0.2) is 9.97 Å². The van der Waals surface area contributed by atoms with Crippen molar-refractivity contribution in [3.8, 4) is 0 Å². The second-order valence-corrected chi connectivity index (χ2v) is 6.44. The molecule has 0 bridgehead atoms. The van der Waals surface area contributed by atoms with E-state index in [-0.39, 0.29) is 22.3 Å². The molecule has 125 valence electrons. The molecular weight excluding hydrogens is 336 g/mol. The Balaban J connectivity index is 1.75. The highest BCUT2D eigenvalue weighted by Gasteiger charge is 2.21. The summed E-state index contributed by atoms with van der Waals surface area (Å²) in [4.78, 5) is 34.8. The van der Waals surface area contributed by atoms with Crippen LogP contribution in [0.15, 0.2) is 54.9 Å². The number of ketones is 1. The molecule has 7 heteroatoms. The Kier molecular flexibility index (Phi) is 4.85. The summed E-state index contributed by atoms with van der Waals surface area (Å²) in [6, 6.07) is 12.8. The van der Waals surface area contributed by atoms with E-state index in [1.54, 1.807) is 18.0 Å². The average Bonchev–Trinajstić information content (AvgIpc) is 3.12. The first kappa shape index (κ1) is 16.8. The van der Waals surface area contributed by atoms with Crippen molar-refractivity contribution in [2.24, 2.45) is 0 Å². The molecule has 6 nitrogen and oxygen atoms in total. The third-order valence-electron chi connectivity index (χ3n) is 3.57. The average molecular weight is 351 g/mol. The Bertz CT molecular complexity index is 908. The number of pyridine rings is 1. The zero-order valence-corrected chi connectivity index (χ0v) is 14.3. The topological polar surface area (TPSA) is 87.0 Å². The number of thiazole rings is 1. The first-order valence-corrected chi connectivity index (χ1v) is 8.34. The summed E-state index contributed by atoms with van der Waals surface area (Å²) in [5, 5.41) is 0.179. The minimum atomic E-state index is -0.395. The zero-order chi connectivity index (χ0) is 17.8. The predicted molar refractivity (Wildman–Crippen MR) is 94.8 cm³/mol. The molecule has 25 heavy (non-hydrogen) atoms. The fourth-order valence-corrected chi connectivity index (χ4v) is 3.16. The van der Waals surface area contributed by atoms with Crippen LogP contribution in [-0.4, -0.2) is 33.6 Å². The molecule has 0 saturated carbocycles. The summed E-state index contributed by atoms with van der Waals surface area (Å²) in [7, 11) is 1.71. The normalized spacial score (nSPS) is 10.4. The molecule has 3 aromatic rings. The number of nitrogens with one attached hydrogen (secondary N) is 1. The Morgan fingerprint density at radius 2 is 1.88 bits per heavy atom. The summed E-state index contributed by atoms with van der Waals surface area (Å²) in [5.74, 6) is -0.692. The van der Waals surface area contributed by atoms with Gasteiger partial charge in [0, 0.05) is 19.8 Å². The first-order valence-electron chi connectivity index (χ1n) is 7.53. The Morgan fingerprint density at radius 3 is 2.60 bits per heavy atom. The van der Waals surface area contributed by atoms with Gasteiger partial charge in [-0.05, 0) is 17.7 Å². The molecule has 1 N–H and O–H groups in total. The molecule has 0 aliphatic carbocycles. The van der Waals surface area contributed by atoms with E-state index in [0.29, 0.717) is 11.4 Å². The first-order chi connectivity index (χ1) is 12.1. The number of rotatable bonds is 5. The van der Waals surface area contributed by atoms with Crippen LogP contribution in [0.1, 0.15) is 30.6 Å². The number of benzene rings is 1. The van der Waals surface area contributed by atoms with Crippen LogP contribution >= 0.6 is 11.3 Å². The van der Waals surface area contributed by atoms with Crippen molar-refractivity contribution in [3.63, 3.8) is 0 Å². The van der Waals surface area contributed by atoms with Gasteiger partial charge in [0.1, 0.15) is 4.88 Å². The maximum absolute atomic E-state index is 12.5. The van der Waals surface area contributed by atoms with Crippen molar-refractivity contribution in [1.82, 2.24) is 20.6 Å². The molecule has 0 saturated heterocycles. The molecule has 1 aromatic carbocycles. The number of hydrogen-bond donors (Lipinski definition) is 0. The van der Waals surface area contributed by atoms with Crippen LogP contribution in [0.2, 0.25) is 0 Å². The number of carbonyl (C=O) groups excluding carboxylic acids is 2. The standard InChI is InChI=1S/C18H15N4O2S/c1-22(11-12-6-3-2-4-7-12)18(24)14-10-21-17(25-14)15(23)13-8-5-9-20-16(13)19/h2-10,19H,11H2,1H3. The van der Waals surface area contributed by atoms with Crippen molar-refractivity contribution >= 4 is 28.8 Å². The van der Waals surface area contributed by atoms with Crippen LogP contribution in [-0.2, 0) is 6.54 Å².